The standard InChI is InChI=1S/C44H55NO13/c1-9-32(48)57-43-23-54-31(43)21-30(47)42(8)29(46)20-27-24(2)28(22-44(53,41(27,6)7)36(35(42)43)56-37(50)26-18-14-11-15-19-26)55-38(51)34(49)33(25-16-12-10-13-17-25)45-39(52)58-40(3,4)5/h10-19,28,30-31,33-36,47,49,53H,9,20-23H2,1-8H3,(H,45,52)/t28-,30-,31+,33-,34+,35-,36-,42+,43-,44+/m0/s1. The third-order valence-corrected chi connectivity index (χ3v) is 12.8. The quantitative estimate of drug-likeness (QED) is 0.155. The minimum atomic E-state index is -2.18. The van der Waals surface area contributed by atoms with Gasteiger partial charge >= 0.3 is 24.0 Å². The van der Waals surface area contributed by atoms with Gasteiger partial charge in [0.25, 0.3) is 0 Å². The average Bonchev–Trinajstić information content (AvgIpc) is 3.16. The molecule has 58 heavy (non-hydrogen) atoms. The van der Waals surface area contributed by atoms with E-state index in [1.54, 1.807) is 104 Å². The fourth-order valence-corrected chi connectivity index (χ4v) is 9.40. The molecular weight excluding hydrogens is 750 g/mol. The van der Waals surface area contributed by atoms with Crippen molar-refractivity contribution in [2.24, 2.45) is 16.7 Å². The van der Waals surface area contributed by atoms with Crippen LogP contribution in [0, 0.1) is 16.7 Å². The largest absolute Gasteiger partial charge is 0.456 e. The number of aliphatic hydroxyl groups is 3. The van der Waals surface area contributed by atoms with E-state index in [2.05, 4.69) is 5.32 Å². The summed E-state index contributed by atoms with van der Waals surface area (Å²) in [6.07, 6.45) is -8.89. The van der Waals surface area contributed by atoms with E-state index < -0.39 is 106 Å². The molecular formula is C44H55NO13. The zero-order valence-corrected chi connectivity index (χ0v) is 34.3. The summed E-state index contributed by atoms with van der Waals surface area (Å²) in [5, 5.41) is 39.5. The third-order valence-electron chi connectivity index (χ3n) is 12.8. The van der Waals surface area contributed by atoms with Crippen LogP contribution in [0.3, 0.4) is 0 Å². The highest BCUT2D eigenvalue weighted by molar-refractivity contribution is 5.91. The Morgan fingerprint density at radius 2 is 1.60 bits per heavy atom. The van der Waals surface area contributed by atoms with Crippen LogP contribution in [0.5, 0.6) is 0 Å². The number of amides is 1. The number of alkyl carbamates (subject to hydrolysis) is 1. The highest BCUT2D eigenvalue weighted by Crippen LogP contribution is 2.64. The lowest BCUT2D eigenvalue weighted by molar-refractivity contribution is -0.345. The van der Waals surface area contributed by atoms with Gasteiger partial charge in [0.2, 0.25) is 0 Å². The molecule has 2 aromatic rings. The first-order chi connectivity index (χ1) is 27.1. The molecule has 2 saturated carbocycles. The molecule has 0 unspecified atom stereocenters. The molecule has 14 heteroatoms. The SMILES string of the molecule is CCC(=O)O[C@@]12CO[C@@H]1C[C@H](O)[C@@]1(C)C(=O)CC3=C(C)[C@@H](OC(=O)[C@H](O)[C@@H](NC(=O)OC(C)(C)C)c4ccccc4)C[C@@](O)([C@@H](OC(=O)c4ccccc4)[C@H]21)C3(C)C. The summed E-state index contributed by atoms with van der Waals surface area (Å²) in [6, 6.07) is 15.0. The smallest absolute Gasteiger partial charge is 0.408 e. The number of carbonyl (C=O) groups is 5. The molecule has 3 aliphatic carbocycles. The molecule has 1 saturated heterocycles. The second kappa shape index (κ2) is 15.5. The van der Waals surface area contributed by atoms with Gasteiger partial charge in [-0.25, -0.2) is 14.4 Å². The van der Waals surface area contributed by atoms with Crippen molar-refractivity contribution in [1.82, 2.24) is 5.32 Å². The third kappa shape index (κ3) is 7.33. The Morgan fingerprint density at radius 3 is 2.17 bits per heavy atom. The lowest BCUT2D eigenvalue weighted by atomic mass is 9.45. The Labute approximate surface area is 338 Å². The lowest BCUT2D eigenvalue weighted by Gasteiger charge is -2.67. The molecule has 14 nitrogen and oxygen atoms in total. The van der Waals surface area contributed by atoms with Gasteiger partial charge in [0.05, 0.1) is 35.6 Å². The molecule has 1 aliphatic heterocycles. The van der Waals surface area contributed by atoms with Crippen molar-refractivity contribution < 1.29 is 63.0 Å². The van der Waals surface area contributed by atoms with Gasteiger partial charge < -0.3 is 44.3 Å². The molecule has 0 radical (unpaired) electrons. The number of esters is 3. The molecule has 0 spiro atoms. The zero-order valence-electron chi connectivity index (χ0n) is 34.3. The Hall–Kier alpha value is -4.63. The van der Waals surface area contributed by atoms with Gasteiger partial charge in [-0.3, -0.25) is 9.59 Å². The number of ether oxygens (including phenoxy) is 5. The normalized spacial score (nSPS) is 32.4. The minimum absolute atomic E-state index is 0.0299. The van der Waals surface area contributed by atoms with Crippen molar-refractivity contribution in [3.8, 4) is 0 Å². The molecule has 10 atom stereocenters. The van der Waals surface area contributed by atoms with E-state index in [-0.39, 0.29) is 31.4 Å². The highest BCUT2D eigenvalue weighted by Gasteiger charge is 2.77. The number of rotatable bonds is 9. The van der Waals surface area contributed by atoms with Crippen molar-refractivity contribution in [2.45, 2.75) is 134 Å². The fraction of sp³-hybridized carbons (Fsp3) is 0.568. The van der Waals surface area contributed by atoms with Crippen LogP contribution >= 0.6 is 0 Å². The Balaban J connectivity index is 1.46. The van der Waals surface area contributed by atoms with E-state index in [9.17, 15) is 39.3 Å². The van der Waals surface area contributed by atoms with Crippen LogP contribution in [0.2, 0.25) is 0 Å². The van der Waals surface area contributed by atoms with Crippen LogP contribution in [0.25, 0.3) is 0 Å². The molecule has 1 heterocycles. The monoisotopic (exact) mass is 805 g/mol. The van der Waals surface area contributed by atoms with Gasteiger partial charge in [0.1, 0.15) is 35.3 Å². The van der Waals surface area contributed by atoms with Crippen LogP contribution in [0.4, 0.5) is 4.79 Å². The Kier molecular flexibility index (Phi) is 11.5. The summed E-state index contributed by atoms with van der Waals surface area (Å²) >= 11 is 0. The molecule has 4 N–H and O–H groups in total. The maximum Gasteiger partial charge on any atom is 0.408 e. The second-order valence-corrected chi connectivity index (χ2v) is 17.7. The van der Waals surface area contributed by atoms with E-state index >= 15 is 0 Å². The summed E-state index contributed by atoms with van der Waals surface area (Å²) < 4.78 is 30.0. The topological polar surface area (TPSA) is 204 Å². The fourth-order valence-electron chi connectivity index (χ4n) is 9.40. The Morgan fingerprint density at radius 1 is 0.983 bits per heavy atom. The number of aliphatic hydroxyl groups excluding tert-OH is 2. The average molecular weight is 806 g/mol. The zero-order chi connectivity index (χ0) is 42.6. The summed E-state index contributed by atoms with van der Waals surface area (Å²) in [5.41, 5.74) is -6.46. The molecule has 0 aromatic heterocycles. The van der Waals surface area contributed by atoms with Gasteiger partial charge in [0, 0.05) is 31.1 Å². The van der Waals surface area contributed by atoms with Gasteiger partial charge in [-0.15, -0.1) is 0 Å². The summed E-state index contributed by atoms with van der Waals surface area (Å²) in [4.78, 5) is 69.3. The number of hydrogen-bond acceptors (Lipinski definition) is 13. The first kappa shape index (κ1) is 43.0. The molecule has 6 rings (SSSR count). The number of hydrogen-bond donors (Lipinski definition) is 4. The van der Waals surface area contributed by atoms with Crippen LogP contribution < -0.4 is 5.32 Å². The lowest BCUT2D eigenvalue weighted by Crippen LogP contribution is -2.80. The summed E-state index contributed by atoms with van der Waals surface area (Å²) in [6.45, 7) is 13.0. The summed E-state index contributed by atoms with van der Waals surface area (Å²) in [7, 11) is 0. The number of nitrogens with one attached hydrogen (secondary N) is 1. The van der Waals surface area contributed by atoms with Gasteiger partial charge in [0.15, 0.2) is 11.7 Å². The van der Waals surface area contributed by atoms with Crippen LogP contribution in [0.1, 0.15) is 103 Å². The van der Waals surface area contributed by atoms with Gasteiger partial charge in [-0.1, -0.05) is 74.9 Å². The number of ketones is 1. The van der Waals surface area contributed by atoms with Gasteiger partial charge in [-0.05, 0) is 57.9 Å². The maximum atomic E-state index is 14.9. The molecule has 1 amide bonds. The first-order valence-corrected chi connectivity index (χ1v) is 19.8. The molecule has 2 aromatic carbocycles. The minimum Gasteiger partial charge on any atom is -0.456 e. The van der Waals surface area contributed by atoms with E-state index in [1.165, 1.54) is 12.1 Å². The van der Waals surface area contributed by atoms with Crippen molar-refractivity contribution in [1.29, 1.82) is 0 Å². The van der Waals surface area contributed by atoms with E-state index in [4.69, 9.17) is 23.7 Å². The number of carbonyl (C=O) groups excluding carboxylic acids is 5. The van der Waals surface area contributed by atoms with Crippen LogP contribution in [0.15, 0.2) is 71.8 Å². The number of fused-ring (bicyclic) bond motifs is 5. The van der Waals surface area contributed by atoms with Crippen LogP contribution in [-0.4, -0.2) is 99.0 Å². The van der Waals surface area contributed by atoms with E-state index in [1.807, 2.05) is 0 Å². The predicted octanol–water partition coefficient (Wildman–Crippen LogP) is 4.68. The maximum absolute atomic E-state index is 14.9. The van der Waals surface area contributed by atoms with E-state index in [0.29, 0.717) is 16.7 Å². The molecule has 3 fully saturated rings. The number of benzene rings is 2. The van der Waals surface area contributed by atoms with Crippen molar-refractivity contribution in [2.75, 3.05) is 6.61 Å². The van der Waals surface area contributed by atoms with Gasteiger partial charge in [-0.2, -0.15) is 0 Å². The molecule has 4 aliphatic rings. The van der Waals surface area contributed by atoms with Crippen molar-refractivity contribution >= 4 is 29.8 Å². The first-order valence-electron chi connectivity index (χ1n) is 19.8. The van der Waals surface area contributed by atoms with Crippen LogP contribution in [-0.2, 0) is 38.1 Å². The second-order valence-electron chi connectivity index (χ2n) is 17.7. The van der Waals surface area contributed by atoms with Crippen molar-refractivity contribution in [3.63, 3.8) is 0 Å². The van der Waals surface area contributed by atoms with Crippen molar-refractivity contribution in [3.05, 3.63) is 82.9 Å². The predicted molar refractivity (Wildman–Crippen MR) is 207 cm³/mol. The number of Topliss-reactive ketones (excluding diaryl/α,β-unsaturated/α-hetero) is 1. The Bertz CT molecular complexity index is 1960. The summed E-state index contributed by atoms with van der Waals surface area (Å²) in [5.74, 6) is -4.44. The molecule has 314 valence electrons. The molecule has 2 bridgehead atoms. The van der Waals surface area contributed by atoms with E-state index in [0.717, 1.165) is 0 Å². The highest BCUT2D eigenvalue weighted by atomic mass is 16.6.